The summed E-state index contributed by atoms with van der Waals surface area (Å²) in [5.41, 5.74) is 1.80. The van der Waals surface area contributed by atoms with Crippen molar-refractivity contribution in [2.45, 2.75) is 19.3 Å². The van der Waals surface area contributed by atoms with Gasteiger partial charge in [-0.2, -0.15) is 0 Å². The van der Waals surface area contributed by atoms with Gasteiger partial charge in [-0.25, -0.2) is 4.79 Å². The summed E-state index contributed by atoms with van der Waals surface area (Å²) in [6, 6.07) is 18.4. The van der Waals surface area contributed by atoms with Gasteiger partial charge < -0.3 is 19.5 Å². The zero-order valence-corrected chi connectivity index (χ0v) is 14.3. The molecule has 6 heteroatoms. The smallest absolute Gasteiger partial charge is 0.407 e. The fourth-order valence-electron chi connectivity index (χ4n) is 2.68. The standard InChI is InChI=1S/C20H21NO5/c22-19(25-11-15-7-3-1-4-8-15)17-13-24-14-18(17)21-20(23)26-12-16-9-5-2-6-10-16/h1-10,17-18H,11-14H2,(H,21,23)/t17-,18+/m0/s1. The van der Waals surface area contributed by atoms with Gasteiger partial charge >= 0.3 is 12.1 Å². The van der Waals surface area contributed by atoms with Gasteiger partial charge in [-0.05, 0) is 11.1 Å². The Balaban J connectivity index is 1.46. The van der Waals surface area contributed by atoms with Crippen molar-refractivity contribution < 1.29 is 23.8 Å². The first-order valence-corrected chi connectivity index (χ1v) is 8.48. The van der Waals surface area contributed by atoms with Gasteiger partial charge in [0.1, 0.15) is 19.1 Å². The van der Waals surface area contributed by atoms with E-state index in [1.807, 2.05) is 60.7 Å². The largest absolute Gasteiger partial charge is 0.460 e. The zero-order valence-electron chi connectivity index (χ0n) is 14.3. The average Bonchev–Trinajstić information content (AvgIpc) is 3.14. The quantitative estimate of drug-likeness (QED) is 0.807. The van der Waals surface area contributed by atoms with Crippen LogP contribution in [0.4, 0.5) is 4.79 Å². The number of alkyl carbamates (subject to hydrolysis) is 1. The number of carbonyl (C=O) groups is 2. The second kappa shape index (κ2) is 9.01. The highest BCUT2D eigenvalue weighted by molar-refractivity contribution is 5.75. The third-order valence-electron chi connectivity index (χ3n) is 4.12. The molecule has 1 N–H and O–H groups in total. The Bertz CT molecular complexity index is 719. The molecule has 2 atom stereocenters. The van der Waals surface area contributed by atoms with E-state index in [-0.39, 0.29) is 32.4 Å². The lowest BCUT2D eigenvalue weighted by Gasteiger charge is -2.18. The molecule has 1 aliphatic heterocycles. The van der Waals surface area contributed by atoms with E-state index in [1.165, 1.54) is 0 Å². The summed E-state index contributed by atoms with van der Waals surface area (Å²) in [6.07, 6.45) is -0.579. The molecule has 0 aliphatic carbocycles. The molecule has 6 nitrogen and oxygen atoms in total. The third-order valence-corrected chi connectivity index (χ3v) is 4.12. The topological polar surface area (TPSA) is 73.9 Å². The molecule has 26 heavy (non-hydrogen) atoms. The van der Waals surface area contributed by atoms with E-state index in [9.17, 15) is 9.59 Å². The molecular formula is C20H21NO5. The molecule has 0 saturated carbocycles. The van der Waals surface area contributed by atoms with Gasteiger partial charge in [0, 0.05) is 0 Å². The van der Waals surface area contributed by atoms with Crippen LogP contribution in [-0.2, 0) is 32.2 Å². The van der Waals surface area contributed by atoms with Gasteiger partial charge in [0.05, 0.1) is 19.3 Å². The molecule has 1 heterocycles. The van der Waals surface area contributed by atoms with Crippen LogP contribution in [0.25, 0.3) is 0 Å². The highest BCUT2D eigenvalue weighted by atomic mass is 16.6. The third kappa shape index (κ3) is 5.07. The number of ether oxygens (including phenoxy) is 3. The number of carbonyl (C=O) groups excluding carboxylic acids is 2. The van der Waals surface area contributed by atoms with Crippen LogP contribution in [0.3, 0.4) is 0 Å². The van der Waals surface area contributed by atoms with E-state index in [2.05, 4.69) is 5.32 Å². The van der Waals surface area contributed by atoms with Gasteiger partial charge in [0.25, 0.3) is 0 Å². The van der Waals surface area contributed by atoms with Crippen LogP contribution < -0.4 is 5.32 Å². The minimum Gasteiger partial charge on any atom is -0.460 e. The second-order valence-corrected chi connectivity index (χ2v) is 6.05. The number of rotatable bonds is 6. The maximum atomic E-state index is 12.3. The van der Waals surface area contributed by atoms with E-state index < -0.39 is 18.1 Å². The highest BCUT2D eigenvalue weighted by Crippen LogP contribution is 2.17. The van der Waals surface area contributed by atoms with E-state index in [4.69, 9.17) is 14.2 Å². The van der Waals surface area contributed by atoms with Crippen molar-refractivity contribution in [3.05, 3.63) is 71.8 Å². The minimum atomic E-state index is -0.579. The molecule has 1 amide bonds. The Hall–Kier alpha value is -2.86. The Morgan fingerprint density at radius 3 is 2.08 bits per heavy atom. The molecular weight excluding hydrogens is 334 g/mol. The molecule has 3 rings (SSSR count). The van der Waals surface area contributed by atoms with Gasteiger partial charge in [-0.3, -0.25) is 4.79 Å². The molecule has 2 aromatic rings. The van der Waals surface area contributed by atoms with Crippen molar-refractivity contribution >= 4 is 12.1 Å². The summed E-state index contributed by atoms with van der Waals surface area (Å²) < 4.78 is 15.9. The molecule has 1 fully saturated rings. The molecule has 0 aromatic heterocycles. The van der Waals surface area contributed by atoms with E-state index in [0.717, 1.165) is 11.1 Å². The average molecular weight is 355 g/mol. The first-order chi connectivity index (χ1) is 12.7. The number of benzene rings is 2. The Morgan fingerprint density at radius 1 is 0.885 bits per heavy atom. The van der Waals surface area contributed by atoms with Crippen molar-refractivity contribution in [3.8, 4) is 0 Å². The fraction of sp³-hybridized carbons (Fsp3) is 0.300. The molecule has 0 radical (unpaired) electrons. The van der Waals surface area contributed by atoms with E-state index >= 15 is 0 Å². The number of hydrogen-bond acceptors (Lipinski definition) is 5. The SMILES string of the molecule is O=C(N[C@@H]1COC[C@@H]1C(=O)OCc1ccccc1)OCc1ccccc1. The second-order valence-electron chi connectivity index (χ2n) is 6.05. The summed E-state index contributed by atoms with van der Waals surface area (Å²) in [5.74, 6) is -0.928. The summed E-state index contributed by atoms with van der Waals surface area (Å²) in [6.45, 7) is 0.841. The fourth-order valence-corrected chi connectivity index (χ4v) is 2.68. The van der Waals surface area contributed by atoms with Gasteiger partial charge in [0.2, 0.25) is 0 Å². The first-order valence-electron chi connectivity index (χ1n) is 8.48. The van der Waals surface area contributed by atoms with Gasteiger partial charge in [-0.1, -0.05) is 60.7 Å². The lowest BCUT2D eigenvalue weighted by molar-refractivity contribution is -0.150. The molecule has 0 spiro atoms. The maximum Gasteiger partial charge on any atom is 0.407 e. The van der Waals surface area contributed by atoms with Crippen LogP contribution in [-0.4, -0.2) is 31.3 Å². The Morgan fingerprint density at radius 2 is 1.46 bits per heavy atom. The monoisotopic (exact) mass is 355 g/mol. The molecule has 1 saturated heterocycles. The summed E-state index contributed by atoms with van der Waals surface area (Å²) in [7, 11) is 0. The van der Waals surface area contributed by atoms with Crippen LogP contribution in [0.1, 0.15) is 11.1 Å². The van der Waals surface area contributed by atoms with Crippen molar-refractivity contribution in [3.63, 3.8) is 0 Å². The minimum absolute atomic E-state index is 0.170. The normalized spacial score (nSPS) is 18.9. The van der Waals surface area contributed by atoms with Crippen molar-refractivity contribution in [1.82, 2.24) is 5.32 Å². The van der Waals surface area contributed by atoms with Crippen LogP contribution in [0.2, 0.25) is 0 Å². The van der Waals surface area contributed by atoms with Crippen LogP contribution in [0, 0.1) is 5.92 Å². The predicted molar refractivity (Wildman–Crippen MR) is 94.1 cm³/mol. The Kier molecular flexibility index (Phi) is 6.22. The van der Waals surface area contributed by atoms with E-state index in [0.29, 0.717) is 0 Å². The molecule has 1 aliphatic rings. The van der Waals surface area contributed by atoms with Crippen molar-refractivity contribution in [2.24, 2.45) is 5.92 Å². The molecule has 2 aromatic carbocycles. The predicted octanol–water partition coefficient (Wildman–Crippen LogP) is 2.67. The van der Waals surface area contributed by atoms with Gasteiger partial charge in [-0.15, -0.1) is 0 Å². The van der Waals surface area contributed by atoms with Crippen LogP contribution >= 0.6 is 0 Å². The molecule has 136 valence electrons. The summed E-state index contributed by atoms with van der Waals surface area (Å²) >= 11 is 0. The number of amides is 1. The number of nitrogens with one attached hydrogen (secondary N) is 1. The maximum absolute atomic E-state index is 12.3. The molecule has 0 bridgehead atoms. The van der Waals surface area contributed by atoms with Crippen LogP contribution in [0.5, 0.6) is 0 Å². The number of hydrogen-bond donors (Lipinski definition) is 1. The zero-order chi connectivity index (χ0) is 18.2. The van der Waals surface area contributed by atoms with Gasteiger partial charge in [0.15, 0.2) is 0 Å². The van der Waals surface area contributed by atoms with Crippen molar-refractivity contribution in [1.29, 1.82) is 0 Å². The summed E-state index contributed by atoms with van der Waals surface area (Å²) in [4.78, 5) is 24.3. The number of esters is 1. The Labute approximate surface area is 152 Å². The first kappa shape index (κ1) is 17.9. The molecule has 0 unspecified atom stereocenters. The summed E-state index contributed by atoms with van der Waals surface area (Å²) in [5, 5.41) is 2.69. The lowest BCUT2D eigenvalue weighted by Crippen LogP contribution is -2.43. The highest BCUT2D eigenvalue weighted by Gasteiger charge is 2.36. The lowest BCUT2D eigenvalue weighted by atomic mass is 10.0. The van der Waals surface area contributed by atoms with Crippen LogP contribution in [0.15, 0.2) is 60.7 Å². The van der Waals surface area contributed by atoms with Crippen molar-refractivity contribution in [2.75, 3.05) is 13.2 Å². The van der Waals surface area contributed by atoms with E-state index in [1.54, 1.807) is 0 Å².